The first-order valence-electron chi connectivity index (χ1n) is 7.14. The average Bonchev–Trinajstić information content (AvgIpc) is 2.63. The highest BCUT2D eigenvalue weighted by atomic mass is 16.6. The number of ether oxygens (including phenoxy) is 1. The maximum absolute atomic E-state index is 11.8. The van der Waals surface area contributed by atoms with Crippen LogP contribution in [0.5, 0.6) is 0 Å². The van der Waals surface area contributed by atoms with Crippen LogP contribution in [0.1, 0.15) is 40.0 Å². The minimum Gasteiger partial charge on any atom is -0.457 e. The van der Waals surface area contributed by atoms with Crippen molar-refractivity contribution in [2.45, 2.75) is 58.3 Å². The predicted molar refractivity (Wildman–Crippen MR) is 69.2 cm³/mol. The second-order valence-corrected chi connectivity index (χ2v) is 6.63. The molecule has 2 N–H and O–H groups in total. The van der Waals surface area contributed by atoms with Gasteiger partial charge in [-0.15, -0.1) is 0 Å². The fraction of sp³-hybridized carbons (Fsp3) is 0.800. The highest BCUT2D eigenvalue weighted by molar-refractivity contribution is 5.75. The summed E-state index contributed by atoms with van der Waals surface area (Å²) in [7, 11) is 0. The zero-order valence-electron chi connectivity index (χ0n) is 11.7. The summed E-state index contributed by atoms with van der Waals surface area (Å²) in [4.78, 5) is 11.8. The molecule has 0 aromatic carbocycles. The Kier molecular flexibility index (Phi) is 2.81. The summed E-state index contributed by atoms with van der Waals surface area (Å²) in [6.07, 6.45) is 0.717. The summed E-state index contributed by atoms with van der Waals surface area (Å²) < 4.78 is 5.56. The molecule has 0 radical (unpaired) electrons. The van der Waals surface area contributed by atoms with Crippen molar-refractivity contribution in [3.8, 4) is 0 Å². The van der Waals surface area contributed by atoms with Crippen LogP contribution in [0.3, 0.4) is 0 Å². The number of aliphatic hydroxyl groups excluding tert-OH is 2. The van der Waals surface area contributed by atoms with E-state index >= 15 is 0 Å². The van der Waals surface area contributed by atoms with E-state index in [1.165, 1.54) is 0 Å². The van der Waals surface area contributed by atoms with E-state index in [2.05, 4.69) is 0 Å². The molecule has 0 spiro atoms. The van der Waals surface area contributed by atoms with Crippen LogP contribution >= 0.6 is 0 Å². The van der Waals surface area contributed by atoms with E-state index in [1.807, 2.05) is 20.8 Å². The lowest BCUT2D eigenvalue weighted by Crippen LogP contribution is -2.50. The summed E-state index contributed by atoms with van der Waals surface area (Å²) in [5, 5.41) is 20.5. The lowest BCUT2D eigenvalue weighted by Gasteiger charge is -2.49. The minimum absolute atomic E-state index is 0.0777. The number of aliphatic hydroxyl groups is 2. The van der Waals surface area contributed by atoms with Crippen molar-refractivity contribution in [2.75, 3.05) is 0 Å². The number of esters is 1. The zero-order valence-corrected chi connectivity index (χ0v) is 11.7. The van der Waals surface area contributed by atoms with Crippen molar-refractivity contribution in [3.05, 3.63) is 11.1 Å². The molecule has 106 valence electrons. The lowest BCUT2D eigenvalue weighted by molar-refractivity contribution is -0.144. The monoisotopic (exact) mass is 266 g/mol. The molecule has 0 aromatic heterocycles. The molecule has 4 heteroatoms. The van der Waals surface area contributed by atoms with Gasteiger partial charge in [-0.25, -0.2) is 0 Å². The summed E-state index contributed by atoms with van der Waals surface area (Å²) >= 11 is 0. The van der Waals surface area contributed by atoms with Crippen LogP contribution in [0.15, 0.2) is 11.1 Å². The normalized spacial score (nSPS) is 49.7. The van der Waals surface area contributed by atoms with E-state index in [9.17, 15) is 15.0 Å². The first-order valence-corrected chi connectivity index (χ1v) is 7.14. The standard InChI is InChI=1S/C15H22O4/c1-7-9-4-5-15(3)11(17)6-10(16)8(2)12(15)13(9)19-14(7)18/h7,9-11,13,16-17H,4-6H2,1-3H3/t7-,9-,10+,11-,13-,15-/m0/s1. The molecule has 0 amide bonds. The van der Waals surface area contributed by atoms with Gasteiger partial charge in [-0.05, 0) is 30.9 Å². The van der Waals surface area contributed by atoms with Gasteiger partial charge in [0.1, 0.15) is 6.10 Å². The van der Waals surface area contributed by atoms with Gasteiger partial charge in [0.2, 0.25) is 0 Å². The van der Waals surface area contributed by atoms with Crippen molar-refractivity contribution in [3.63, 3.8) is 0 Å². The zero-order chi connectivity index (χ0) is 13.9. The summed E-state index contributed by atoms with van der Waals surface area (Å²) in [6.45, 7) is 5.86. The largest absolute Gasteiger partial charge is 0.457 e. The summed E-state index contributed by atoms with van der Waals surface area (Å²) in [5.41, 5.74) is 1.52. The molecule has 6 atom stereocenters. The van der Waals surface area contributed by atoms with Crippen LogP contribution in [0.25, 0.3) is 0 Å². The molecule has 1 aliphatic heterocycles. The first kappa shape index (κ1) is 13.1. The molecule has 4 nitrogen and oxygen atoms in total. The number of hydrogen-bond donors (Lipinski definition) is 2. The van der Waals surface area contributed by atoms with Gasteiger partial charge in [0.05, 0.1) is 18.1 Å². The van der Waals surface area contributed by atoms with Gasteiger partial charge in [0, 0.05) is 17.8 Å². The molecule has 3 aliphatic rings. The van der Waals surface area contributed by atoms with Gasteiger partial charge >= 0.3 is 5.97 Å². The van der Waals surface area contributed by atoms with Gasteiger partial charge in [-0.2, -0.15) is 0 Å². The molecule has 1 saturated heterocycles. The van der Waals surface area contributed by atoms with E-state index in [0.29, 0.717) is 6.42 Å². The Labute approximate surface area is 113 Å². The molecule has 1 heterocycles. The predicted octanol–water partition coefficient (Wildman–Crippen LogP) is 1.41. The Hall–Kier alpha value is -0.870. The molecule has 2 fully saturated rings. The number of fused-ring (bicyclic) bond motifs is 3. The molecule has 0 aromatic rings. The maximum atomic E-state index is 11.8. The highest BCUT2D eigenvalue weighted by Gasteiger charge is 2.56. The molecule has 2 aliphatic carbocycles. The molecule has 3 rings (SSSR count). The van der Waals surface area contributed by atoms with Gasteiger partial charge in [-0.1, -0.05) is 13.8 Å². The lowest BCUT2D eigenvalue weighted by atomic mass is 9.58. The van der Waals surface area contributed by atoms with Crippen LogP contribution in [0.4, 0.5) is 0 Å². The van der Waals surface area contributed by atoms with Gasteiger partial charge in [0.25, 0.3) is 0 Å². The Bertz CT molecular complexity index is 455. The topological polar surface area (TPSA) is 66.8 Å². The second-order valence-electron chi connectivity index (χ2n) is 6.63. The number of carbonyl (C=O) groups excluding carboxylic acids is 1. The van der Waals surface area contributed by atoms with Crippen LogP contribution in [0, 0.1) is 17.3 Å². The van der Waals surface area contributed by atoms with Crippen LogP contribution in [-0.2, 0) is 9.53 Å². The first-order chi connectivity index (χ1) is 8.86. The average molecular weight is 266 g/mol. The molecule has 0 bridgehead atoms. The van der Waals surface area contributed by atoms with E-state index in [4.69, 9.17) is 4.74 Å². The summed E-state index contributed by atoms with van der Waals surface area (Å²) in [5.74, 6) is -0.0248. The fourth-order valence-electron chi connectivity index (χ4n) is 4.21. The highest BCUT2D eigenvalue weighted by Crippen LogP contribution is 2.55. The smallest absolute Gasteiger partial charge is 0.309 e. The summed E-state index contributed by atoms with van der Waals surface area (Å²) in [6, 6.07) is 0. The Morgan fingerprint density at radius 3 is 2.74 bits per heavy atom. The molecule has 1 saturated carbocycles. The fourth-order valence-corrected chi connectivity index (χ4v) is 4.21. The number of rotatable bonds is 0. The molecular weight excluding hydrogens is 244 g/mol. The molecule has 19 heavy (non-hydrogen) atoms. The van der Waals surface area contributed by atoms with Crippen molar-refractivity contribution >= 4 is 5.97 Å². The number of hydrogen-bond acceptors (Lipinski definition) is 4. The van der Waals surface area contributed by atoms with Crippen molar-refractivity contribution < 1.29 is 19.7 Å². The minimum atomic E-state index is -0.619. The Morgan fingerprint density at radius 1 is 1.37 bits per heavy atom. The van der Waals surface area contributed by atoms with Gasteiger partial charge < -0.3 is 14.9 Å². The number of carbonyl (C=O) groups is 1. The van der Waals surface area contributed by atoms with Gasteiger partial charge in [0.15, 0.2) is 0 Å². The van der Waals surface area contributed by atoms with E-state index in [1.54, 1.807) is 0 Å². The SMILES string of the molecule is CC1=C2[C@H]3OC(=O)[C@@H](C)[C@@H]3CC[C@@]2(C)[C@@H](O)C[C@H]1O. The third-order valence-corrected chi connectivity index (χ3v) is 5.65. The van der Waals surface area contributed by atoms with Crippen LogP contribution in [-0.4, -0.2) is 34.5 Å². The maximum Gasteiger partial charge on any atom is 0.309 e. The quantitative estimate of drug-likeness (QED) is 0.514. The molecule has 0 unspecified atom stereocenters. The molecular formula is C15H22O4. The van der Waals surface area contributed by atoms with E-state index in [0.717, 1.165) is 24.0 Å². The third-order valence-electron chi connectivity index (χ3n) is 5.65. The van der Waals surface area contributed by atoms with Crippen LogP contribution < -0.4 is 0 Å². The van der Waals surface area contributed by atoms with E-state index in [-0.39, 0.29) is 29.3 Å². The van der Waals surface area contributed by atoms with Crippen LogP contribution in [0.2, 0.25) is 0 Å². The second kappa shape index (κ2) is 4.06. The van der Waals surface area contributed by atoms with Gasteiger partial charge in [-0.3, -0.25) is 4.79 Å². The van der Waals surface area contributed by atoms with E-state index < -0.39 is 12.2 Å². The Balaban J connectivity index is 2.09. The van der Waals surface area contributed by atoms with Crippen molar-refractivity contribution in [2.24, 2.45) is 17.3 Å². The van der Waals surface area contributed by atoms with Crippen molar-refractivity contribution in [1.82, 2.24) is 0 Å². The third kappa shape index (κ3) is 1.62. The Morgan fingerprint density at radius 2 is 2.05 bits per heavy atom. The van der Waals surface area contributed by atoms with Crippen molar-refractivity contribution in [1.29, 1.82) is 0 Å².